The van der Waals surface area contributed by atoms with Crippen molar-refractivity contribution in [3.63, 3.8) is 0 Å². The van der Waals surface area contributed by atoms with Crippen molar-refractivity contribution in [3.05, 3.63) is 29.6 Å². The van der Waals surface area contributed by atoms with Gasteiger partial charge in [0.2, 0.25) is 0 Å². The van der Waals surface area contributed by atoms with E-state index in [9.17, 15) is 4.79 Å². The molecule has 0 radical (unpaired) electrons. The summed E-state index contributed by atoms with van der Waals surface area (Å²) in [5.74, 6) is 0.586. The van der Waals surface area contributed by atoms with Gasteiger partial charge in [0, 0.05) is 18.1 Å². The highest BCUT2D eigenvalue weighted by Gasteiger charge is 2.05. The maximum Gasteiger partial charge on any atom is 0.269 e. The Bertz CT molecular complexity index is 342. The van der Waals surface area contributed by atoms with E-state index in [0.29, 0.717) is 18.1 Å². The molecule has 1 N–H and O–H groups in total. The summed E-state index contributed by atoms with van der Waals surface area (Å²) in [5, 5.41) is 2.84. The minimum Gasteiger partial charge on any atom is -0.351 e. The SMILES string of the molecule is Cc1cccc(C(=O)NCCCCCCl)n1. The molecule has 0 aromatic carbocycles. The van der Waals surface area contributed by atoms with Crippen LogP contribution < -0.4 is 5.32 Å². The van der Waals surface area contributed by atoms with Gasteiger partial charge in [0.1, 0.15) is 5.69 Å². The number of aryl methyl sites for hydroxylation is 1. The molecule has 1 aromatic rings. The van der Waals surface area contributed by atoms with Gasteiger partial charge in [-0.1, -0.05) is 12.5 Å². The Hall–Kier alpha value is -1.09. The van der Waals surface area contributed by atoms with Crippen molar-refractivity contribution in [2.45, 2.75) is 26.2 Å². The minimum absolute atomic E-state index is 0.102. The zero-order valence-corrected chi connectivity index (χ0v) is 10.3. The number of nitrogens with one attached hydrogen (secondary N) is 1. The van der Waals surface area contributed by atoms with Crippen LogP contribution in [0, 0.1) is 6.92 Å². The van der Waals surface area contributed by atoms with Crippen molar-refractivity contribution in [1.82, 2.24) is 10.3 Å². The number of rotatable bonds is 6. The summed E-state index contributed by atoms with van der Waals surface area (Å²) in [5.41, 5.74) is 1.34. The molecule has 3 nitrogen and oxygen atoms in total. The molecule has 0 aliphatic rings. The van der Waals surface area contributed by atoms with Crippen molar-refractivity contribution < 1.29 is 4.79 Å². The number of carbonyl (C=O) groups excluding carboxylic acids is 1. The molecule has 0 fully saturated rings. The molecule has 1 rings (SSSR count). The van der Waals surface area contributed by atoms with E-state index in [2.05, 4.69) is 10.3 Å². The van der Waals surface area contributed by atoms with E-state index in [0.717, 1.165) is 25.0 Å². The van der Waals surface area contributed by atoms with Crippen LogP contribution in [0.25, 0.3) is 0 Å². The van der Waals surface area contributed by atoms with Crippen molar-refractivity contribution in [3.8, 4) is 0 Å². The van der Waals surface area contributed by atoms with Gasteiger partial charge in [-0.15, -0.1) is 11.6 Å². The largest absolute Gasteiger partial charge is 0.351 e. The highest BCUT2D eigenvalue weighted by atomic mass is 35.5. The molecule has 1 aromatic heterocycles. The van der Waals surface area contributed by atoms with Crippen LogP contribution in [0.15, 0.2) is 18.2 Å². The molecule has 0 unspecified atom stereocenters. The highest BCUT2D eigenvalue weighted by molar-refractivity contribution is 6.17. The number of carbonyl (C=O) groups is 1. The molecule has 1 amide bonds. The van der Waals surface area contributed by atoms with Gasteiger partial charge >= 0.3 is 0 Å². The lowest BCUT2D eigenvalue weighted by atomic mass is 10.2. The Labute approximate surface area is 101 Å². The zero-order chi connectivity index (χ0) is 11.8. The van der Waals surface area contributed by atoms with Crippen LogP contribution in [-0.2, 0) is 0 Å². The second-order valence-electron chi connectivity index (χ2n) is 3.67. The third-order valence-electron chi connectivity index (χ3n) is 2.22. The first-order valence-corrected chi connectivity index (χ1v) is 6.05. The van der Waals surface area contributed by atoms with Crippen molar-refractivity contribution >= 4 is 17.5 Å². The maximum absolute atomic E-state index is 11.6. The van der Waals surface area contributed by atoms with Gasteiger partial charge in [-0.3, -0.25) is 4.79 Å². The van der Waals surface area contributed by atoms with E-state index in [4.69, 9.17) is 11.6 Å². The Morgan fingerprint density at radius 1 is 1.38 bits per heavy atom. The predicted molar refractivity (Wildman–Crippen MR) is 65.9 cm³/mol. The van der Waals surface area contributed by atoms with Crippen LogP contribution in [0.5, 0.6) is 0 Å². The summed E-state index contributed by atoms with van der Waals surface area (Å²) < 4.78 is 0. The fourth-order valence-electron chi connectivity index (χ4n) is 1.36. The molecule has 0 bridgehead atoms. The quantitative estimate of drug-likeness (QED) is 0.613. The third kappa shape index (κ3) is 4.62. The van der Waals surface area contributed by atoms with Gasteiger partial charge in [0.05, 0.1) is 0 Å². The second kappa shape index (κ2) is 7.23. The van der Waals surface area contributed by atoms with Crippen molar-refractivity contribution in [1.29, 1.82) is 0 Å². The van der Waals surface area contributed by atoms with Crippen LogP contribution in [0.3, 0.4) is 0 Å². The van der Waals surface area contributed by atoms with E-state index < -0.39 is 0 Å². The highest BCUT2D eigenvalue weighted by Crippen LogP contribution is 1.99. The Morgan fingerprint density at radius 2 is 2.19 bits per heavy atom. The molecule has 0 aliphatic carbocycles. The molecule has 0 atom stereocenters. The summed E-state index contributed by atoms with van der Waals surface area (Å²) in [6, 6.07) is 5.43. The lowest BCUT2D eigenvalue weighted by Gasteiger charge is -2.04. The van der Waals surface area contributed by atoms with Crippen LogP contribution in [-0.4, -0.2) is 23.3 Å². The van der Waals surface area contributed by atoms with Gasteiger partial charge in [-0.05, 0) is 31.9 Å². The van der Waals surface area contributed by atoms with E-state index in [1.165, 1.54) is 0 Å². The monoisotopic (exact) mass is 240 g/mol. The fourth-order valence-corrected chi connectivity index (χ4v) is 1.55. The number of unbranched alkanes of at least 4 members (excludes halogenated alkanes) is 2. The van der Waals surface area contributed by atoms with Crippen LogP contribution in [0.2, 0.25) is 0 Å². The molecule has 1 heterocycles. The van der Waals surface area contributed by atoms with Crippen molar-refractivity contribution in [2.75, 3.05) is 12.4 Å². The van der Waals surface area contributed by atoms with Crippen LogP contribution in [0.4, 0.5) is 0 Å². The number of hydrogen-bond donors (Lipinski definition) is 1. The average Bonchev–Trinajstić information content (AvgIpc) is 2.28. The summed E-state index contributed by atoms with van der Waals surface area (Å²) >= 11 is 5.56. The number of alkyl halides is 1. The summed E-state index contributed by atoms with van der Waals surface area (Å²) in [4.78, 5) is 15.8. The molecule has 0 saturated carbocycles. The normalized spacial score (nSPS) is 10.1. The molecular formula is C12H17ClN2O. The van der Waals surface area contributed by atoms with Crippen LogP contribution in [0.1, 0.15) is 35.4 Å². The van der Waals surface area contributed by atoms with E-state index >= 15 is 0 Å². The Balaban J connectivity index is 2.30. The molecule has 0 aliphatic heterocycles. The van der Waals surface area contributed by atoms with Gasteiger partial charge in [-0.2, -0.15) is 0 Å². The van der Waals surface area contributed by atoms with Crippen molar-refractivity contribution in [2.24, 2.45) is 0 Å². The topological polar surface area (TPSA) is 42.0 Å². The van der Waals surface area contributed by atoms with E-state index in [-0.39, 0.29) is 5.91 Å². The third-order valence-corrected chi connectivity index (χ3v) is 2.48. The smallest absolute Gasteiger partial charge is 0.269 e. The predicted octanol–water partition coefficient (Wildman–Crippen LogP) is 2.53. The minimum atomic E-state index is -0.102. The van der Waals surface area contributed by atoms with Crippen LogP contribution >= 0.6 is 11.6 Å². The van der Waals surface area contributed by atoms with Gasteiger partial charge in [-0.25, -0.2) is 4.98 Å². The lowest BCUT2D eigenvalue weighted by molar-refractivity contribution is 0.0948. The molecule has 0 saturated heterocycles. The Kier molecular flexibility index (Phi) is 5.86. The first-order chi connectivity index (χ1) is 7.74. The maximum atomic E-state index is 11.6. The molecule has 16 heavy (non-hydrogen) atoms. The van der Waals surface area contributed by atoms with Gasteiger partial charge in [0.25, 0.3) is 5.91 Å². The standard InChI is InChI=1S/C12H17ClN2O/c1-10-6-5-7-11(15-10)12(16)14-9-4-2-3-8-13/h5-7H,2-4,8-9H2,1H3,(H,14,16). The number of amides is 1. The first kappa shape index (κ1) is 13.0. The molecular weight excluding hydrogens is 224 g/mol. The number of hydrogen-bond acceptors (Lipinski definition) is 2. The van der Waals surface area contributed by atoms with E-state index in [1.807, 2.05) is 19.1 Å². The molecule has 4 heteroatoms. The van der Waals surface area contributed by atoms with Gasteiger partial charge in [0.15, 0.2) is 0 Å². The first-order valence-electron chi connectivity index (χ1n) is 5.52. The number of aromatic nitrogens is 1. The number of nitrogens with zero attached hydrogens (tertiary/aromatic N) is 1. The number of pyridine rings is 1. The summed E-state index contributed by atoms with van der Waals surface area (Å²) in [7, 11) is 0. The molecule has 0 spiro atoms. The summed E-state index contributed by atoms with van der Waals surface area (Å²) in [6.07, 6.45) is 3.01. The lowest BCUT2D eigenvalue weighted by Crippen LogP contribution is -2.25. The summed E-state index contributed by atoms with van der Waals surface area (Å²) in [6.45, 7) is 2.56. The Morgan fingerprint density at radius 3 is 2.88 bits per heavy atom. The average molecular weight is 241 g/mol. The van der Waals surface area contributed by atoms with Gasteiger partial charge < -0.3 is 5.32 Å². The second-order valence-corrected chi connectivity index (χ2v) is 4.05. The van der Waals surface area contributed by atoms with E-state index in [1.54, 1.807) is 6.07 Å². The zero-order valence-electron chi connectivity index (χ0n) is 9.50. The number of halogens is 1. The molecule has 88 valence electrons. The fraction of sp³-hybridized carbons (Fsp3) is 0.500.